The lowest BCUT2D eigenvalue weighted by Crippen LogP contribution is -2.33. The summed E-state index contributed by atoms with van der Waals surface area (Å²) in [6, 6.07) is 14.6. The fourth-order valence-electron chi connectivity index (χ4n) is 4.36. The van der Waals surface area contributed by atoms with E-state index in [9.17, 15) is 10.1 Å². The fourth-order valence-corrected chi connectivity index (χ4v) is 5.68. The number of fused-ring (bicyclic) bond motifs is 1. The first-order chi connectivity index (χ1) is 15.4. The highest BCUT2D eigenvalue weighted by molar-refractivity contribution is 7.80. The number of carbonyl (C=O) groups is 1. The van der Waals surface area contributed by atoms with Gasteiger partial charge in [0.25, 0.3) is 5.91 Å². The molecule has 1 heterocycles. The molecule has 0 saturated heterocycles. The Morgan fingerprint density at radius 2 is 1.91 bits per heavy atom. The Morgan fingerprint density at radius 3 is 2.62 bits per heavy atom. The number of nitrogens with zero attached hydrogens (tertiary/aromatic N) is 2. The number of thiazole rings is 1. The summed E-state index contributed by atoms with van der Waals surface area (Å²) in [5.74, 6) is 0.415. The van der Waals surface area contributed by atoms with Crippen molar-refractivity contribution in [2.24, 2.45) is 11.3 Å². The first kappa shape index (κ1) is 22.8. The Labute approximate surface area is 199 Å². The first-order valence-corrected chi connectivity index (χ1v) is 12.5. The lowest BCUT2D eigenvalue weighted by Gasteiger charge is -2.21. The first-order valence-electron chi connectivity index (χ1n) is 11.3. The third kappa shape index (κ3) is 5.00. The van der Waals surface area contributed by atoms with E-state index in [1.54, 1.807) is 0 Å². The Kier molecular flexibility index (Phi) is 6.88. The third-order valence-electron chi connectivity index (χ3n) is 6.24. The molecule has 1 saturated carbocycles. The van der Waals surface area contributed by atoms with Gasteiger partial charge in [-0.05, 0) is 43.0 Å². The van der Waals surface area contributed by atoms with Crippen molar-refractivity contribution in [1.82, 2.24) is 10.3 Å². The van der Waals surface area contributed by atoms with Crippen LogP contribution in [0.4, 0.5) is 0 Å². The van der Waals surface area contributed by atoms with E-state index in [1.165, 1.54) is 43.4 Å². The summed E-state index contributed by atoms with van der Waals surface area (Å²) in [5, 5.41) is 14.9. The van der Waals surface area contributed by atoms with Gasteiger partial charge in [0, 0.05) is 17.0 Å². The van der Waals surface area contributed by atoms with E-state index in [-0.39, 0.29) is 5.91 Å². The summed E-state index contributed by atoms with van der Waals surface area (Å²) in [6.07, 6.45) is 7.23. The van der Waals surface area contributed by atoms with E-state index in [0.717, 1.165) is 38.2 Å². The van der Waals surface area contributed by atoms with E-state index < -0.39 is 5.41 Å². The molecule has 0 unspecified atom stereocenters. The van der Waals surface area contributed by atoms with Gasteiger partial charge in [-0.15, -0.1) is 24.0 Å². The molecule has 1 aliphatic carbocycles. The van der Waals surface area contributed by atoms with Gasteiger partial charge in [-0.25, -0.2) is 4.98 Å². The van der Waals surface area contributed by atoms with Gasteiger partial charge in [0.05, 0.1) is 22.1 Å². The van der Waals surface area contributed by atoms with Crippen molar-refractivity contribution in [1.29, 1.82) is 5.26 Å². The summed E-state index contributed by atoms with van der Waals surface area (Å²) in [7, 11) is 0. The Morgan fingerprint density at radius 1 is 1.19 bits per heavy atom. The van der Waals surface area contributed by atoms with Crippen molar-refractivity contribution in [3.05, 3.63) is 47.1 Å². The maximum absolute atomic E-state index is 12.9. The van der Waals surface area contributed by atoms with E-state index >= 15 is 0 Å². The number of thiol groups is 1. The van der Waals surface area contributed by atoms with Crippen LogP contribution >= 0.6 is 24.0 Å². The van der Waals surface area contributed by atoms with Crippen molar-refractivity contribution in [2.45, 2.75) is 57.3 Å². The summed E-state index contributed by atoms with van der Waals surface area (Å²) in [6.45, 7) is 3.94. The average Bonchev–Trinajstić information content (AvgIpc) is 3.22. The highest BCUT2D eigenvalue weighted by atomic mass is 32.1. The standard InChI is InChI=1S/C26H29N3OS2/c1-26(2,15-27)16-28-24(30)25-29-21(14-17-8-4-3-5-9-17)23(32-25)20-12-13-22(31)19-11-7-6-10-18(19)20/h6-7,10-13,17,31H,3-5,8-9,14,16H2,1-2H3,(H,28,30). The molecule has 32 heavy (non-hydrogen) atoms. The van der Waals surface area contributed by atoms with Crippen LogP contribution in [0.2, 0.25) is 0 Å². The number of benzene rings is 2. The summed E-state index contributed by atoms with van der Waals surface area (Å²) in [5.41, 5.74) is 1.51. The van der Waals surface area contributed by atoms with Crippen molar-refractivity contribution >= 4 is 40.6 Å². The molecular weight excluding hydrogens is 434 g/mol. The molecule has 0 bridgehead atoms. The normalized spacial score (nSPS) is 14.9. The molecule has 0 aliphatic heterocycles. The molecule has 2 aromatic carbocycles. The molecule has 3 aromatic rings. The zero-order valence-corrected chi connectivity index (χ0v) is 20.4. The molecule has 4 rings (SSSR count). The van der Waals surface area contributed by atoms with E-state index in [1.807, 2.05) is 32.0 Å². The number of rotatable bonds is 6. The zero-order chi connectivity index (χ0) is 22.7. The van der Waals surface area contributed by atoms with Crippen molar-refractivity contribution < 1.29 is 4.79 Å². The molecule has 1 N–H and O–H groups in total. The predicted octanol–water partition coefficient (Wildman–Crippen LogP) is 6.65. The fraction of sp³-hybridized carbons (Fsp3) is 0.423. The van der Waals surface area contributed by atoms with Gasteiger partial charge < -0.3 is 5.32 Å². The number of aromatic nitrogens is 1. The second-order valence-corrected chi connectivity index (χ2v) is 10.8. The molecule has 1 amide bonds. The molecule has 4 nitrogen and oxygen atoms in total. The second kappa shape index (κ2) is 9.64. The monoisotopic (exact) mass is 463 g/mol. The molecule has 1 aromatic heterocycles. The number of nitrogens with one attached hydrogen (secondary N) is 1. The minimum atomic E-state index is -0.612. The smallest absolute Gasteiger partial charge is 0.280 e. The Balaban J connectivity index is 1.73. The number of hydrogen-bond acceptors (Lipinski definition) is 5. The number of carbonyl (C=O) groups excluding carboxylic acids is 1. The molecule has 0 radical (unpaired) electrons. The summed E-state index contributed by atoms with van der Waals surface area (Å²) < 4.78 is 0. The van der Waals surface area contributed by atoms with E-state index in [0.29, 0.717) is 17.5 Å². The van der Waals surface area contributed by atoms with Gasteiger partial charge in [-0.3, -0.25) is 4.79 Å². The average molecular weight is 464 g/mol. The quantitative estimate of drug-likeness (QED) is 0.402. The van der Waals surface area contributed by atoms with Crippen LogP contribution in [0.1, 0.15) is 61.4 Å². The van der Waals surface area contributed by atoms with Crippen molar-refractivity contribution in [3.63, 3.8) is 0 Å². The number of amides is 1. The molecule has 6 heteroatoms. The Hall–Kier alpha value is -2.36. The highest BCUT2D eigenvalue weighted by Gasteiger charge is 2.25. The minimum absolute atomic E-state index is 0.204. The maximum atomic E-state index is 12.9. The van der Waals surface area contributed by atoms with E-state index in [2.05, 4.69) is 42.2 Å². The van der Waals surface area contributed by atoms with Crippen LogP contribution in [0, 0.1) is 22.7 Å². The van der Waals surface area contributed by atoms with Crippen molar-refractivity contribution in [2.75, 3.05) is 6.54 Å². The van der Waals surface area contributed by atoms with Gasteiger partial charge >= 0.3 is 0 Å². The zero-order valence-electron chi connectivity index (χ0n) is 18.6. The molecule has 166 valence electrons. The molecule has 1 aliphatic rings. The van der Waals surface area contributed by atoms with Gasteiger partial charge in [0.1, 0.15) is 0 Å². The van der Waals surface area contributed by atoms with Crippen LogP contribution < -0.4 is 5.32 Å². The lowest BCUT2D eigenvalue weighted by molar-refractivity contribution is 0.0943. The van der Waals surface area contributed by atoms with Crippen LogP contribution in [-0.2, 0) is 6.42 Å². The molecule has 0 spiro atoms. The van der Waals surface area contributed by atoms with Crippen molar-refractivity contribution in [3.8, 4) is 16.5 Å². The van der Waals surface area contributed by atoms with Crippen LogP contribution in [0.25, 0.3) is 21.2 Å². The maximum Gasteiger partial charge on any atom is 0.280 e. The Bertz CT molecular complexity index is 1170. The number of hydrogen-bond donors (Lipinski definition) is 2. The van der Waals surface area contributed by atoms with Gasteiger partial charge in [0.2, 0.25) is 0 Å². The van der Waals surface area contributed by atoms with Crippen LogP contribution in [0.15, 0.2) is 41.3 Å². The topological polar surface area (TPSA) is 65.8 Å². The van der Waals surface area contributed by atoms with Gasteiger partial charge in [-0.1, -0.05) is 62.4 Å². The van der Waals surface area contributed by atoms with E-state index in [4.69, 9.17) is 4.98 Å². The van der Waals surface area contributed by atoms with Crippen LogP contribution in [0.3, 0.4) is 0 Å². The second-order valence-electron chi connectivity index (χ2n) is 9.36. The summed E-state index contributed by atoms with van der Waals surface area (Å²) in [4.78, 5) is 19.8. The minimum Gasteiger partial charge on any atom is -0.348 e. The lowest BCUT2D eigenvalue weighted by atomic mass is 9.85. The van der Waals surface area contributed by atoms with Crippen LogP contribution in [0.5, 0.6) is 0 Å². The molecule has 0 atom stereocenters. The largest absolute Gasteiger partial charge is 0.348 e. The highest BCUT2D eigenvalue weighted by Crippen LogP contribution is 2.39. The predicted molar refractivity (Wildman–Crippen MR) is 134 cm³/mol. The number of nitriles is 1. The summed E-state index contributed by atoms with van der Waals surface area (Å²) >= 11 is 6.10. The van der Waals surface area contributed by atoms with Gasteiger partial charge in [-0.2, -0.15) is 5.26 Å². The van der Waals surface area contributed by atoms with Crippen LogP contribution in [-0.4, -0.2) is 17.4 Å². The van der Waals surface area contributed by atoms with Gasteiger partial charge in [0.15, 0.2) is 5.01 Å². The SMILES string of the molecule is CC(C)(C#N)CNC(=O)c1nc(CC2CCCCC2)c(-c2ccc(S)c3ccccc23)s1. The molecular formula is C26H29N3OS2. The third-order valence-corrected chi connectivity index (χ3v) is 7.76. The molecule has 1 fully saturated rings.